The Balaban J connectivity index is 1.29. The summed E-state index contributed by atoms with van der Waals surface area (Å²) < 4.78 is 18.7. The Bertz CT molecular complexity index is 1320. The molecule has 11 heteroatoms. The van der Waals surface area contributed by atoms with Crippen LogP contribution in [0.25, 0.3) is 11.2 Å². The van der Waals surface area contributed by atoms with Gasteiger partial charge >= 0.3 is 5.69 Å². The molecule has 168 valence electrons. The van der Waals surface area contributed by atoms with E-state index >= 15 is 0 Å². The number of amides is 1. The molecule has 4 heterocycles. The number of benzene rings is 1. The van der Waals surface area contributed by atoms with Crippen molar-refractivity contribution in [1.29, 1.82) is 0 Å². The Labute approximate surface area is 182 Å². The van der Waals surface area contributed by atoms with Crippen LogP contribution in [0.5, 0.6) is 17.2 Å². The van der Waals surface area contributed by atoms with E-state index in [4.69, 9.17) is 14.2 Å². The molecule has 1 N–H and O–H groups in total. The lowest BCUT2D eigenvalue weighted by Gasteiger charge is -2.31. The largest absolute Gasteiger partial charge is 0.484 e. The van der Waals surface area contributed by atoms with Crippen molar-refractivity contribution in [2.75, 3.05) is 26.5 Å². The number of piperidine rings is 1. The van der Waals surface area contributed by atoms with Crippen LogP contribution in [0.15, 0.2) is 27.8 Å². The zero-order valence-corrected chi connectivity index (χ0v) is 17.8. The molecule has 1 saturated heterocycles. The van der Waals surface area contributed by atoms with Crippen molar-refractivity contribution >= 4 is 17.1 Å². The van der Waals surface area contributed by atoms with Crippen molar-refractivity contribution in [3.63, 3.8) is 0 Å². The van der Waals surface area contributed by atoms with E-state index in [1.165, 1.54) is 11.6 Å². The number of H-pyrrole nitrogens is 1. The highest BCUT2D eigenvalue weighted by atomic mass is 16.7. The van der Waals surface area contributed by atoms with Gasteiger partial charge in [0.25, 0.3) is 11.5 Å². The molecular formula is C21H23N5O6. The topological polar surface area (TPSA) is 121 Å². The molecule has 5 rings (SSSR count). The van der Waals surface area contributed by atoms with E-state index in [0.29, 0.717) is 47.3 Å². The lowest BCUT2D eigenvalue weighted by molar-refractivity contribution is -0.134. The maximum atomic E-state index is 12.8. The zero-order valence-electron chi connectivity index (χ0n) is 17.8. The highest BCUT2D eigenvalue weighted by Crippen LogP contribution is 2.35. The minimum atomic E-state index is -0.429. The number of nitrogens with one attached hydrogen (secondary N) is 1. The van der Waals surface area contributed by atoms with Crippen LogP contribution in [-0.4, -0.2) is 56.4 Å². The van der Waals surface area contributed by atoms with Gasteiger partial charge in [-0.2, -0.15) is 0 Å². The van der Waals surface area contributed by atoms with Crippen molar-refractivity contribution in [3.05, 3.63) is 44.9 Å². The van der Waals surface area contributed by atoms with Gasteiger partial charge in [-0.25, -0.2) is 9.78 Å². The number of hydrogen-bond acceptors (Lipinski definition) is 7. The van der Waals surface area contributed by atoms with E-state index in [9.17, 15) is 14.4 Å². The van der Waals surface area contributed by atoms with Crippen LogP contribution in [0.2, 0.25) is 0 Å². The minimum Gasteiger partial charge on any atom is -0.484 e. The molecule has 32 heavy (non-hydrogen) atoms. The fraction of sp³-hybridized carbons (Fsp3) is 0.429. The highest BCUT2D eigenvalue weighted by molar-refractivity contribution is 5.78. The average Bonchev–Trinajstić information content (AvgIpc) is 3.47. The van der Waals surface area contributed by atoms with E-state index in [2.05, 4.69) is 9.97 Å². The maximum Gasteiger partial charge on any atom is 0.332 e. The van der Waals surface area contributed by atoms with E-state index in [-0.39, 0.29) is 25.2 Å². The Morgan fingerprint density at radius 3 is 2.88 bits per heavy atom. The third-order valence-electron chi connectivity index (χ3n) is 5.98. The third-order valence-corrected chi connectivity index (χ3v) is 5.98. The van der Waals surface area contributed by atoms with E-state index in [1.807, 2.05) is 0 Å². The first kappa shape index (κ1) is 20.2. The number of carbonyl (C=O) groups is 1. The van der Waals surface area contributed by atoms with Gasteiger partial charge in [-0.1, -0.05) is 0 Å². The summed E-state index contributed by atoms with van der Waals surface area (Å²) in [5, 5.41) is 0. The predicted molar refractivity (Wildman–Crippen MR) is 113 cm³/mol. The van der Waals surface area contributed by atoms with Gasteiger partial charge in [0.1, 0.15) is 17.1 Å². The summed E-state index contributed by atoms with van der Waals surface area (Å²) in [5.41, 5.74) is -0.230. The molecule has 1 atom stereocenters. The number of carbonyl (C=O) groups excluding carboxylic acids is 1. The fourth-order valence-electron chi connectivity index (χ4n) is 4.17. The van der Waals surface area contributed by atoms with Gasteiger partial charge in [0.15, 0.2) is 23.8 Å². The number of aryl methyl sites for hydroxylation is 1. The second kappa shape index (κ2) is 7.74. The number of fused-ring (bicyclic) bond motifs is 2. The van der Waals surface area contributed by atoms with E-state index in [0.717, 1.165) is 17.4 Å². The van der Waals surface area contributed by atoms with Crippen LogP contribution in [0.4, 0.5) is 0 Å². The molecule has 2 aromatic heterocycles. The first-order chi connectivity index (χ1) is 15.4. The van der Waals surface area contributed by atoms with Crippen molar-refractivity contribution < 1.29 is 19.0 Å². The van der Waals surface area contributed by atoms with Gasteiger partial charge in [0.2, 0.25) is 6.79 Å². The Hall–Kier alpha value is -3.76. The second-order valence-electron chi connectivity index (χ2n) is 8.01. The highest BCUT2D eigenvalue weighted by Gasteiger charge is 2.28. The summed E-state index contributed by atoms with van der Waals surface area (Å²) in [6.07, 6.45) is 1.62. The van der Waals surface area contributed by atoms with Crippen LogP contribution >= 0.6 is 0 Å². The van der Waals surface area contributed by atoms with Crippen molar-refractivity contribution in [2.45, 2.75) is 18.8 Å². The van der Waals surface area contributed by atoms with Gasteiger partial charge in [-0.15, -0.1) is 0 Å². The first-order valence-corrected chi connectivity index (χ1v) is 10.4. The normalized spacial score (nSPS) is 17.7. The molecule has 1 unspecified atom stereocenters. The number of imidazole rings is 1. The quantitative estimate of drug-likeness (QED) is 0.625. The molecule has 3 aromatic rings. The molecule has 11 nitrogen and oxygen atoms in total. The van der Waals surface area contributed by atoms with Gasteiger partial charge in [0.05, 0.1) is 0 Å². The number of likely N-dealkylation sites (tertiary alicyclic amines) is 1. The Morgan fingerprint density at radius 2 is 2.03 bits per heavy atom. The van der Waals surface area contributed by atoms with E-state index < -0.39 is 11.2 Å². The van der Waals surface area contributed by atoms with E-state index in [1.54, 1.807) is 30.1 Å². The number of rotatable bonds is 4. The number of ether oxygens (including phenoxy) is 3. The average molecular weight is 441 g/mol. The summed E-state index contributed by atoms with van der Waals surface area (Å²) >= 11 is 0. The van der Waals surface area contributed by atoms with Gasteiger partial charge in [0, 0.05) is 39.2 Å². The third kappa shape index (κ3) is 3.39. The summed E-state index contributed by atoms with van der Waals surface area (Å²) in [7, 11) is 3.02. The Morgan fingerprint density at radius 1 is 1.22 bits per heavy atom. The molecule has 0 radical (unpaired) electrons. The summed E-state index contributed by atoms with van der Waals surface area (Å²) in [5.74, 6) is 2.19. The lowest BCUT2D eigenvalue weighted by atomic mass is 9.97. The smallest absolute Gasteiger partial charge is 0.332 e. The molecule has 1 amide bonds. The van der Waals surface area contributed by atoms with Gasteiger partial charge in [-0.3, -0.25) is 18.7 Å². The zero-order chi connectivity index (χ0) is 22.4. The Kier molecular flexibility index (Phi) is 4.87. The lowest BCUT2D eigenvalue weighted by Crippen LogP contribution is -2.41. The fourth-order valence-corrected chi connectivity index (χ4v) is 4.17. The molecule has 0 aliphatic carbocycles. The summed E-state index contributed by atoms with van der Waals surface area (Å²) in [6, 6.07) is 5.19. The molecule has 0 spiro atoms. The number of nitrogens with zero attached hydrogens (tertiary/aromatic N) is 4. The van der Waals surface area contributed by atoms with Crippen molar-refractivity contribution in [2.24, 2.45) is 14.1 Å². The van der Waals surface area contributed by atoms with Crippen LogP contribution in [0, 0.1) is 0 Å². The molecule has 1 fully saturated rings. The van der Waals surface area contributed by atoms with Crippen molar-refractivity contribution in [1.82, 2.24) is 24.0 Å². The summed E-state index contributed by atoms with van der Waals surface area (Å²) in [4.78, 5) is 46.7. The maximum absolute atomic E-state index is 12.8. The van der Waals surface area contributed by atoms with Gasteiger partial charge < -0.3 is 24.1 Å². The minimum absolute atomic E-state index is 0.0644. The first-order valence-electron chi connectivity index (χ1n) is 10.4. The molecule has 2 aliphatic rings. The SMILES string of the molecule is Cn1c(=O)c2[nH]c(C3CCCN(C(=O)COc4ccc5c(c4)OCO5)C3)nc2n(C)c1=O. The number of hydrogen-bond donors (Lipinski definition) is 1. The van der Waals surface area contributed by atoms with Crippen LogP contribution < -0.4 is 25.5 Å². The van der Waals surface area contributed by atoms with Crippen LogP contribution in [0.1, 0.15) is 24.6 Å². The molecule has 0 saturated carbocycles. The monoisotopic (exact) mass is 441 g/mol. The number of aromatic nitrogens is 4. The standard InChI is InChI=1S/C21H23N5O6/c1-24-19-17(20(28)25(2)21(24)29)22-18(23-19)12-4-3-7-26(9-12)16(27)10-30-13-5-6-14-15(8-13)32-11-31-14/h5-6,8,12H,3-4,7,9-11H2,1-2H3,(H,22,23). The van der Waals surface area contributed by atoms with Crippen LogP contribution in [0.3, 0.4) is 0 Å². The van der Waals surface area contributed by atoms with Crippen molar-refractivity contribution in [3.8, 4) is 17.2 Å². The van der Waals surface area contributed by atoms with Crippen LogP contribution in [-0.2, 0) is 18.9 Å². The predicted octanol–water partition coefficient (Wildman–Crippen LogP) is 0.474. The summed E-state index contributed by atoms with van der Waals surface area (Å²) in [6.45, 7) is 1.16. The molecule has 1 aromatic carbocycles. The second-order valence-corrected chi connectivity index (χ2v) is 8.01. The number of aromatic amines is 1. The molecular weight excluding hydrogens is 418 g/mol. The molecule has 2 aliphatic heterocycles. The molecule has 0 bridgehead atoms. The van der Waals surface area contributed by atoms with Gasteiger partial charge in [-0.05, 0) is 25.0 Å².